The molecular weight excluding hydrogens is 324 g/mol. The molecule has 0 aromatic heterocycles. The average molecular weight is 346 g/mol. The van der Waals surface area contributed by atoms with Crippen LogP contribution in [-0.4, -0.2) is 48.9 Å². The van der Waals surface area contributed by atoms with Crippen LogP contribution in [0.3, 0.4) is 0 Å². The zero-order valence-corrected chi connectivity index (χ0v) is 14.7. The topological polar surface area (TPSA) is 51.1 Å². The van der Waals surface area contributed by atoms with Crippen molar-refractivity contribution in [2.24, 2.45) is 4.99 Å². The summed E-state index contributed by atoms with van der Waals surface area (Å²) in [5.41, 5.74) is 0.979. The van der Waals surface area contributed by atoms with Crippen LogP contribution in [0.15, 0.2) is 34.2 Å². The maximum Gasteiger partial charge on any atom is 0.286 e. The molecule has 0 saturated carbocycles. The number of carbonyl (C=O) groups is 1. The lowest BCUT2D eigenvalue weighted by atomic mass is 10.2. The molecule has 1 aromatic rings. The van der Waals surface area contributed by atoms with Crippen LogP contribution in [0.2, 0.25) is 0 Å². The van der Waals surface area contributed by atoms with E-state index in [0.717, 1.165) is 49.0 Å². The number of benzene rings is 1. The van der Waals surface area contributed by atoms with Crippen LogP contribution >= 0.6 is 11.8 Å². The van der Waals surface area contributed by atoms with E-state index in [-0.39, 0.29) is 5.91 Å². The Balaban J connectivity index is 1.61. The molecule has 128 valence electrons. The van der Waals surface area contributed by atoms with Gasteiger partial charge in [0.25, 0.3) is 5.91 Å². The molecular formula is C18H22N2O3S. The molecule has 0 atom stereocenters. The van der Waals surface area contributed by atoms with Gasteiger partial charge in [-0.2, -0.15) is 4.99 Å². The van der Waals surface area contributed by atoms with E-state index in [0.29, 0.717) is 18.1 Å². The SMILES string of the molecule is CCCCOc1ccc(/C=C2\SC(N3CCOCC3)=NC2=O)cc1. The highest BCUT2D eigenvalue weighted by molar-refractivity contribution is 8.18. The summed E-state index contributed by atoms with van der Waals surface area (Å²) in [7, 11) is 0. The van der Waals surface area contributed by atoms with Crippen LogP contribution < -0.4 is 4.74 Å². The highest BCUT2D eigenvalue weighted by Gasteiger charge is 2.26. The largest absolute Gasteiger partial charge is 0.494 e. The van der Waals surface area contributed by atoms with Gasteiger partial charge in [-0.25, -0.2) is 0 Å². The third kappa shape index (κ3) is 4.39. The van der Waals surface area contributed by atoms with E-state index in [2.05, 4.69) is 16.8 Å². The zero-order chi connectivity index (χ0) is 16.8. The predicted octanol–water partition coefficient (Wildman–Crippen LogP) is 3.17. The van der Waals surface area contributed by atoms with Crippen molar-refractivity contribution in [2.45, 2.75) is 19.8 Å². The number of aliphatic imine (C=N–C) groups is 1. The van der Waals surface area contributed by atoms with Crippen molar-refractivity contribution in [2.75, 3.05) is 32.9 Å². The Bertz CT molecular complexity index is 634. The van der Waals surface area contributed by atoms with Gasteiger partial charge in [-0.3, -0.25) is 4.79 Å². The fraction of sp³-hybridized carbons (Fsp3) is 0.444. The quantitative estimate of drug-likeness (QED) is 0.605. The van der Waals surface area contributed by atoms with Crippen LogP contribution in [-0.2, 0) is 9.53 Å². The second kappa shape index (κ2) is 8.35. The molecule has 0 unspecified atom stereocenters. The lowest BCUT2D eigenvalue weighted by Gasteiger charge is -2.27. The fourth-order valence-corrected chi connectivity index (χ4v) is 3.40. The summed E-state index contributed by atoms with van der Waals surface area (Å²) in [5.74, 6) is 0.700. The molecule has 3 rings (SSSR count). The molecule has 0 spiro atoms. The van der Waals surface area contributed by atoms with E-state index in [1.807, 2.05) is 30.3 Å². The third-order valence-corrected chi connectivity index (χ3v) is 4.88. The summed E-state index contributed by atoms with van der Waals surface area (Å²) in [6, 6.07) is 7.81. The molecule has 0 N–H and O–H groups in total. The second-order valence-corrected chi connectivity index (χ2v) is 6.69. The number of morpholine rings is 1. The average Bonchev–Trinajstić information content (AvgIpc) is 2.98. The van der Waals surface area contributed by atoms with Crippen molar-refractivity contribution >= 4 is 28.9 Å². The number of amidine groups is 1. The van der Waals surface area contributed by atoms with Gasteiger partial charge in [0.15, 0.2) is 5.17 Å². The van der Waals surface area contributed by atoms with Crippen LogP contribution in [0.1, 0.15) is 25.3 Å². The van der Waals surface area contributed by atoms with Crippen molar-refractivity contribution in [3.05, 3.63) is 34.7 Å². The number of nitrogens with zero attached hydrogens (tertiary/aromatic N) is 2. The standard InChI is InChI=1S/C18H22N2O3S/c1-2-3-10-23-15-6-4-14(5-7-15)13-16-17(21)19-18(24-16)20-8-11-22-12-9-20/h4-7,13H,2-3,8-12H2,1H3/b16-13-. The lowest BCUT2D eigenvalue weighted by molar-refractivity contribution is -0.113. The highest BCUT2D eigenvalue weighted by Crippen LogP contribution is 2.30. The van der Waals surface area contributed by atoms with Gasteiger partial charge in [0.05, 0.1) is 24.7 Å². The molecule has 0 aliphatic carbocycles. The molecule has 24 heavy (non-hydrogen) atoms. The summed E-state index contributed by atoms with van der Waals surface area (Å²) in [5, 5.41) is 0.786. The van der Waals surface area contributed by atoms with E-state index >= 15 is 0 Å². The maximum absolute atomic E-state index is 12.1. The number of amides is 1. The van der Waals surface area contributed by atoms with Gasteiger partial charge in [0.2, 0.25) is 0 Å². The fourth-order valence-electron chi connectivity index (χ4n) is 2.43. The second-order valence-electron chi connectivity index (χ2n) is 5.68. The monoisotopic (exact) mass is 346 g/mol. The lowest BCUT2D eigenvalue weighted by Crippen LogP contribution is -2.38. The number of rotatable bonds is 5. The van der Waals surface area contributed by atoms with Gasteiger partial charge in [-0.05, 0) is 42.0 Å². The summed E-state index contributed by atoms with van der Waals surface area (Å²) in [4.78, 5) is 19.1. The van der Waals surface area contributed by atoms with Crippen molar-refractivity contribution in [3.63, 3.8) is 0 Å². The van der Waals surface area contributed by atoms with Gasteiger partial charge in [-0.15, -0.1) is 0 Å². The molecule has 0 bridgehead atoms. The van der Waals surface area contributed by atoms with Gasteiger partial charge in [-0.1, -0.05) is 25.5 Å². The summed E-state index contributed by atoms with van der Waals surface area (Å²) in [6.45, 7) is 5.83. The summed E-state index contributed by atoms with van der Waals surface area (Å²) >= 11 is 1.44. The van der Waals surface area contributed by atoms with E-state index in [9.17, 15) is 4.79 Å². The molecule has 5 nitrogen and oxygen atoms in total. The van der Waals surface area contributed by atoms with Gasteiger partial charge >= 0.3 is 0 Å². The van der Waals surface area contributed by atoms with Crippen molar-refractivity contribution in [1.82, 2.24) is 4.90 Å². The number of hydrogen-bond acceptors (Lipinski definition) is 5. The van der Waals surface area contributed by atoms with Crippen molar-refractivity contribution < 1.29 is 14.3 Å². The Morgan fingerprint density at radius 3 is 2.75 bits per heavy atom. The van der Waals surface area contributed by atoms with E-state index in [4.69, 9.17) is 9.47 Å². The van der Waals surface area contributed by atoms with Crippen LogP contribution in [0.5, 0.6) is 5.75 Å². The van der Waals surface area contributed by atoms with Crippen LogP contribution in [0.25, 0.3) is 6.08 Å². The highest BCUT2D eigenvalue weighted by atomic mass is 32.2. The minimum Gasteiger partial charge on any atom is -0.494 e. The smallest absolute Gasteiger partial charge is 0.286 e. The molecule has 2 aliphatic heterocycles. The Kier molecular flexibility index (Phi) is 5.93. The molecule has 1 aromatic carbocycles. The van der Waals surface area contributed by atoms with Gasteiger partial charge in [0, 0.05) is 13.1 Å². The number of ether oxygens (including phenoxy) is 2. The molecule has 0 radical (unpaired) electrons. The van der Waals surface area contributed by atoms with E-state index < -0.39 is 0 Å². The molecule has 2 heterocycles. The molecule has 1 amide bonds. The zero-order valence-electron chi connectivity index (χ0n) is 13.9. The molecule has 6 heteroatoms. The third-order valence-electron chi connectivity index (χ3n) is 3.84. The predicted molar refractivity (Wildman–Crippen MR) is 97.2 cm³/mol. The first-order chi connectivity index (χ1) is 11.8. The van der Waals surface area contributed by atoms with E-state index in [1.54, 1.807) is 0 Å². The van der Waals surface area contributed by atoms with Crippen LogP contribution in [0.4, 0.5) is 0 Å². The van der Waals surface area contributed by atoms with Crippen LogP contribution in [0, 0.1) is 0 Å². The van der Waals surface area contributed by atoms with E-state index in [1.165, 1.54) is 11.8 Å². The Labute approximate surface area is 146 Å². The molecule has 1 saturated heterocycles. The minimum absolute atomic E-state index is 0.162. The Hall–Kier alpha value is -1.79. The Morgan fingerprint density at radius 1 is 1.29 bits per heavy atom. The molecule has 2 aliphatic rings. The summed E-state index contributed by atoms with van der Waals surface area (Å²) in [6.07, 6.45) is 4.06. The summed E-state index contributed by atoms with van der Waals surface area (Å²) < 4.78 is 11.0. The van der Waals surface area contributed by atoms with Crippen molar-refractivity contribution in [3.8, 4) is 5.75 Å². The minimum atomic E-state index is -0.162. The van der Waals surface area contributed by atoms with Gasteiger partial charge < -0.3 is 14.4 Å². The number of hydrogen-bond donors (Lipinski definition) is 0. The number of carbonyl (C=O) groups excluding carboxylic acids is 1. The van der Waals surface area contributed by atoms with Crippen molar-refractivity contribution in [1.29, 1.82) is 0 Å². The maximum atomic E-state index is 12.1. The normalized spacial score (nSPS) is 19.7. The number of thioether (sulfide) groups is 1. The Morgan fingerprint density at radius 2 is 2.04 bits per heavy atom. The first kappa shape index (κ1) is 17.0. The molecule has 1 fully saturated rings. The van der Waals surface area contributed by atoms with Gasteiger partial charge in [0.1, 0.15) is 5.75 Å². The first-order valence-corrected chi connectivity index (χ1v) is 9.16. The first-order valence-electron chi connectivity index (χ1n) is 8.34. The number of unbranched alkanes of at least 4 members (excludes halogenated alkanes) is 1.